The Kier molecular flexibility index (Phi) is 5.87. The van der Waals surface area contributed by atoms with Crippen molar-refractivity contribution in [3.05, 3.63) is 58.6 Å². The largest absolute Gasteiger partial charge is 0.383 e. The van der Waals surface area contributed by atoms with Gasteiger partial charge in [0.2, 0.25) is 5.95 Å². The minimum Gasteiger partial charge on any atom is -0.383 e. The number of fused-ring (bicyclic) bond motifs is 1. The van der Waals surface area contributed by atoms with Crippen molar-refractivity contribution in [2.45, 2.75) is 12.8 Å². The van der Waals surface area contributed by atoms with Gasteiger partial charge in [0.15, 0.2) is 5.65 Å². The molecule has 0 saturated carbocycles. The van der Waals surface area contributed by atoms with Crippen molar-refractivity contribution < 1.29 is 0 Å². The van der Waals surface area contributed by atoms with Gasteiger partial charge in [-0.2, -0.15) is 4.98 Å². The second-order valence-corrected chi connectivity index (χ2v) is 8.73. The molecule has 3 heterocycles. The number of rotatable bonds is 6. The molecule has 0 radical (unpaired) electrons. The van der Waals surface area contributed by atoms with Gasteiger partial charge in [0.05, 0.1) is 16.8 Å². The Hall–Kier alpha value is -2.87. The summed E-state index contributed by atoms with van der Waals surface area (Å²) in [6, 6.07) is 14.9. The molecular formula is C23H23Cl2N7. The Balaban J connectivity index is 1.57. The zero-order valence-corrected chi connectivity index (χ0v) is 18.9. The van der Waals surface area contributed by atoms with Crippen LogP contribution in [0.25, 0.3) is 28.0 Å². The fourth-order valence-electron chi connectivity index (χ4n) is 4.05. The summed E-state index contributed by atoms with van der Waals surface area (Å²) in [6.45, 7) is 4.01. The second-order valence-electron chi connectivity index (χ2n) is 7.85. The molecule has 3 N–H and O–H groups in total. The van der Waals surface area contributed by atoms with Crippen LogP contribution in [0.5, 0.6) is 0 Å². The Morgan fingerprint density at radius 2 is 1.75 bits per heavy atom. The van der Waals surface area contributed by atoms with Crippen LogP contribution in [0, 0.1) is 0 Å². The first-order valence-corrected chi connectivity index (χ1v) is 11.4. The van der Waals surface area contributed by atoms with Gasteiger partial charge in [-0.15, -0.1) is 5.10 Å². The Labute approximate surface area is 196 Å². The van der Waals surface area contributed by atoms with E-state index in [2.05, 4.69) is 20.3 Å². The molecule has 4 aromatic rings. The van der Waals surface area contributed by atoms with Gasteiger partial charge in [-0.3, -0.25) is 0 Å². The Morgan fingerprint density at radius 1 is 0.969 bits per heavy atom. The van der Waals surface area contributed by atoms with Gasteiger partial charge in [-0.25, -0.2) is 9.67 Å². The van der Waals surface area contributed by atoms with Crippen molar-refractivity contribution >= 4 is 46.0 Å². The van der Waals surface area contributed by atoms with Crippen LogP contribution in [0.2, 0.25) is 10.0 Å². The molecule has 32 heavy (non-hydrogen) atoms. The van der Waals surface area contributed by atoms with Crippen molar-refractivity contribution in [3.63, 3.8) is 0 Å². The first-order valence-electron chi connectivity index (χ1n) is 10.6. The van der Waals surface area contributed by atoms with Crippen LogP contribution in [-0.4, -0.2) is 50.8 Å². The highest BCUT2D eigenvalue weighted by Gasteiger charge is 2.20. The molecule has 1 aliphatic heterocycles. The topological polar surface area (TPSA) is 84.9 Å². The van der Waals surface area contributed by atoms with E-state index < -0.39 is 0 Å². The molecule has 1 saturated heterocycles. The van der Waals surface area contributed by atoms with E-state index in [1.807, 2.05) is 36.4 Å². The quantitative estimate of drug-likeness (QED) is 0.420. The number of anilines is 2. The van der Waals surface area contributed by atoms with Crippen LogP contribution in [0.15, 0.2) is 48.5 Å². The van der Waals surface area contributed by atoms with Crippen LogP contribution in [0.1, 0.15) is 12.8 Å². The summed E-state index contributed by atoms with van der Waals surface area (Å²) in [7, 11) is 0. The zero-order chi connectivity index (χ0) is 22.1. The van der Waals surface area contributed by atoms with Crippen LogP contribution in [0.4, 0.5) is 11.8 Å². The SMILES string of the molecule is Nc1c2c(-c3cccc(Cl)c3)nc(NCCN3CCCC3)nc2nn1-c1ccc(Cl)cc1. The first-order chi connectivity index (χ1) is 15.6. The predicted molar refractivity (Wildman–Crippen MR) is 131 cm³/mol. The van der Waals surface area contributed by atoms with Crippen LogP contribution in [-0.2, 0) is 0 Å². The highest BCUT2D eigenvalue weighted by atomic mass is 35.5. The van der Waals surface area contributed by atoms with Crippen molar-refractivity contribution in [1.29, 1.82) is 0 Å². The van der Waals surface area contributed by atoms with E-state index in [-0.39, 0.29) is 0 Å². The van der Waals surface area contributed by atoms with Crippen molar-refractivity contribution in [3.8, 4) is 16.9 Å². The summed E-state index contributed by atoms with van der Waals surface area (Å²) in [5.74, 6) is 0.980. The molecule has 0 amide bonds. The first kappa shape index (κ1) is 21.0. The smallest absolute Gasteiger partial charge is 0.225 e. The van der Waals surface area contributed by atoms with Gasteiger partial charge in [0.1, 0.15) is 5.82 Å². The predicted octanol–water partition coefficient (Wildman–Crippen LogP) is 4.88. The van der Waals surface area contributed by atoms with Gasteiger partial charge in [0, 0.05) is 28.7 Å². The number of likely N-dealkylation sites (tertiary alicyclic amines) is 1. The Bertz CT molecular complexity index is 1250. The molecule has 5 rings (SSSR count). The third-order valence-corrected chi connectivity index (χ3v) is 6.14. The van der Waals surface area contributed by atoms with E-state index in [1.54, 1.807) is 16.8 Å². The maximum Gasteiger partial charge on any atom is 0.225 e. The molecule has 164 valence electrons. The van der Waals surface area contributed by atoms with Crippen LogP contribution < -0.4 is 11.1 Å². The van der Waals surface area contributed by atoms with Gasteiger partial charge in [-0.05, 0) is 62.3 Å². The number of nitrogen functional groups attached to an aromatic ring is 1. The molecule has 0 aliphatic carbocycles. The van der Waals surface area contributed by atoms with E-state index in [9.17, 15) is 0 Å². The van der Waals surface area contributed by atoms with E-state index in [4.69, 9.17) is 33.9 Å². The third kappa shape index (κ3) is 4.24. The van der Waals surface area contributed by atoms with E-state index in [0.29, 0.717) is 38.5 Å². The average Bonchev–Trinajstić information content (AvgIpc) is 3.42. The molecule has 0 atom stereocenters. The minimum absolute atomic E-state index is 0.459. The molecule has 7 nitrogen and oxygen atoms in total. The Morgan fingerprint density at radius 3 is 2.50 bits per heavy atom. The van der Waals surface area contributed by atoms with Crippen LogP contribution >= 0.6 is 23.2 Å². The lowest BCUT2D eigenvalue weighted by atomic mass is 10.1. The van der Waals surface area contributed by atoms with Crippen LogP contribution in [0.3, 0.4) is 0 Å². The van der Waals surface area contributed by atoms with Crippen molar-refractivity contribution in [1.82, 2.24) is 24.6 Å². The summed E-state index contributed by atoms with van der Waals surface area (Å²) in [5.41, 5.74) is 9.41. The molecule has 9 heteroatoms. The molecular weight excluding hydrogens is 445 g/mol. The van der Waals surface area contributed by atoms with Gasteiger partial charge < -0.3 is 16.0 Å². The van der Waals surface area contributed by atoms with Crippen molar-refractivity contribution in [2.75, 3.05) is 37.2 Å². The van der Waals surface area contributed by atoms with Gasteiger partial charge >= 0.3 is 0 Å². The standard InChI is InChI=1S/C23H23Cl2N7/c24-16-6-8-18(9-7-16)32-21(26)19-20(15-4-3-5-17(25)14-15)28-23(29-22(19)30-32)27-10-13-31-11-1-2-12-31/h3-9,14H,1-2,10-13,26H2,(H,27,29,30). The van der Waals surface area contributed by atoms with E-state index >= 15 is 0 Å². The number of hydrogen-bond acceptors (Lipinski definition) is 6. The highest BCUT2D eigenvalue weighted by Crippen LogP contribution is 2.33. The minimum atomic E-state index is 0.459. The van der Waals surface area contributed by atoms with Gasteiger partial charge in [0.25, 0.3) is 0 Å². The summed E-state index contributed by atoms with van der Waals surface area (Å²) < 4.78 is 1.66. The summed E-state index contributed by atoms with van der Waals surface area (Å²) in [5, 5.41) is 10.0. The number of nitrogens with zero attached hydrogens (tertiary/aromatic N) is 5. The number of halogens is 2. The number of nitrogens with one attached hydrogen (secondary N) is 1. The fraction of sp³-hybridized carbons (Fsp3) is 0.261. The zero-order valence-electron chi connectivity index (χ0n) is 17.4. The molecule has 0 spiro atoms. The number of nitrogens with two attached hydrogens (primary N) is 1. The highest BCUT2D eigenvalue weighted by molar-refractivity contribution is 6.31. The number of hydrogen-bond donors (Lipinski definition) is 2. The molecule has 2 aromatic carbocycles. The van der Waals surface area contributed by atoms with Crippen molar-refractivity contribution in [2.24, 2.45) is 0 Å². The number of aromatic nitrogens is 4. The summed E-state index contributed by atoms with van der Waals surface area (Å²) >= 11 is 12.3. The lowest BCUT2D eigenvalue weighted by molar-refractivity contribution is 0.352. The maximum atomic E-state index is 6.55. The molecule has 1 fully saturated rings. The molecule has 2 aromatic heterocycles. The normalized spacial score (nSPS) is 14.3. The third-order valence-electron chi connectivity index (χ3n) is 5.65. The average molecular weight is 468 g/mol. The molecule has 0 bridgehead atoms. The number of benzene rings is 2. The fourth-order valence-corrected chi connectivity index (χ4v) is 4.36. The second kappa shape index (κ2) is 8.94. The molecule has 0 unspecified atom stereocenters. The lowest BCUT2D eigenvalue weighted by Gasteiger charge is -2.15. The lowest BCUT2D eigenvalue weighted by Crippen LogP contribution is -2.26. The van der Waals surface area contributed by atoms with E-state index in [1.165, 1.54) is 12.8 Å². The maximum absolute atomic E-state index is 6.55. The summed E-state index contributed by atoms with van der Waals surface area (Å²) in [4.78, 5) is 11.9. The van der Waals surface area contributed by atoms with E-state index in [0.717, 1.165) is 37.4 Å². The molecule has 1 aliphatic rings. The monoisotopic (exact) mass is 467 g/mol. The van der Waals surface area contributed by atoms with Gasteiger partial charge in [-0.1, -0.05) is 35.3 Å². The summed E-state index contributed by atoms with van der Waals surface area (Å²) in [6.07, 6.45) is 2.53.